The van der Waals surface area contributed by atoms with Gasteiger partial charge in [-0.15, -0.1) is 0 Å². The molecule has 0 spiro atoms. The van der Waals surface area contributed by atoms with Gasteiger partial charge in [0.1, 0.15) is 0 Å². The molecule has 0 aliphatic rings. The van der Waals surface area contributed by atoms with Gasteiger partial charge in [-0.3, -0.25) is 4.79 Å². The summed E-state index contributed by atoms with van der Waals surface area (Å²) < 4.78 is 1.95. The third-order valence-electron chi connectivity index (χ3n) is 4.98. The second-order valence-corrected chi connectivity index (χ2v) is 6.96. The topological polar surface area (TPSA) is 46.9 Å². The third-order valence-corrected chi connectivity index (χ3v) is 4.98. The molecule has 4 heteroatoms. The van der Waals surface area contributed by atoms with Crippen LogP contribution in [0.15, 0.2) is 97.6 Å². The molecule has 0 aliphatic heterocycles. The van der Waals surface area contributed by atoms with Gasteiger partial charge in [-0.25, -0.2) is 4.98 Å². The van der Waals surface area contributed by atoms with Crippen molar-refractivity contribution in [3.63, 3.8) is 0 Å². The van der Waals surface area contributed by atoms with Crippen LogP contribution in [0.2, 0.25) is 0 Å². The van der Waals surface area contributed by atoms with E-state index in [0.717, 1.165) is 35.2 Å². The van der Waals surface area contributed by atoms with Gasteiger partial charge in [0.05, 0.1) is 6.33 Å². The maximum atomic E-state index is 12.8. The van der Waals surface area contributed by atoms with Crippen LogP contribution in [0.1, 0.15) is 27.0 Å². The number of imidazole rings is 1. The van der Waals surface area contributed by atoms with Crippen LogP contribution in [0, 0.1) is 0 Å². The standard InChI is InChI=1S/C25H23N3O/c29-25(27-18-21-11-14-23(15-12-21)28-17-16-26-19-28)24-9-5-4-8-22(24)13-10-20-6-2-1-3-7-20/h1-9,11-12,14-17,19H,10,13,18H2,(H,27,29). The molecule has 1 N–H and O–H groups in total. The smallest absolute Gasteiger partial charge is 0.251 e. The van der Waals surface area contributed by atoms with E-state index in [1.807, 2.05) is 77.5 Å². The number of carbonyl (C=O) groups excluding carboxylic acids is 1. The summed E-state index contributed by atoms with van der Waals surface area (Å²) in [6.07, 6.45) is 7.18. The first kappa shape index (κ1) is 18.7. The molecule has 0 fully saturated rings. The van der Waals surface area contributed by atoms with Gasteiger partial charge in [-0.2, -0.15) is 0 Å². The second-order valence-electron chi connectivity index (χ2n) is 6.96. The highest BCUT2D eigenvalue weighted by molar-refractivity contribution is 5.95. The third kappa shape index (κ3) is 4.79. The summed E-state index contributed by atoms with van der Waals surface area (Å²) >= 11 is 0. The first-order chi connectivity index (χ1) is 14.3. The molecule has 1 heterocycles. The highest BCUT2D eigenvalue weighted by Crippen LogP contribution is 2.14. The number of amides is 1. The Labute approximate surface area is 170 Å². The summed E-state index contributed by atoms with van der Waals surface area (Å²) in [5, 5.41) is 3.05. The van der Waals surface area contributed by atoms with E-state index in [-0.39, 0.29) is 5.91 Å². The molecule has 4 rings (SSSR count). The second kappa shape index (κ2) is 9.02. The van der Waals surface area contributed by atoms with Gasteiger partial charge in [0.15, 0.2) is 0 Å². The lowest BCUT2D eigenvalue weighted by Crippen LogP contribution is -2.24. The molecule has 3 aromatic carbocycles. The maximum absolute atomic E-state index is 12.8. The van der Waals surface area contributed by atoms with Crippen molar-refractivity contribution in [1.29, 1.82) is 0 Å². The molecule has 1 aromatic heterocycles. The minimum Gasteiger partial charge on any atom is -0.348 e. The van der Waals surface area contributed by atoms with E-state index in [9.17, 15) is 4.79 Å². The van der Waals surface area contributed by atoms with Gasteiger partial charge in [0.2, 0.25) is 0 Å². The van der Waals surface area contributed by atoms with Crippen molar-refractivity contribution in [2.24, 2.45) is 0 Å². The van der Waals surface area contributed by atoms with E-state index in [0.29, 0.717) is 6.54 Å². The van der Waals surface area contributed by atoms with Crippen LogP contribution in [-0.2, 0) is 19.4 Å². The van der Waals surface area contributed by atoms with E-state index in [2.05, 4.69) is 22.4 Å². The van der Waals surface area contributed by atoms with Gasteiger partial charge in [-0.1, -0.05) is 60.7 Å². The van der Waals surface area contributed by atoms with Crippen LogP contribution in [-0.4, -0.2) is 15.5 Å². The summed E-state index contributed by atoms with van der Waals surface area (Å²) in [5.41, 5.74) is 5.20. The van der Waals surface area contributed by atoms with Crippen LogP contribution in [0.5, 0.6) is 0 Å². The van der Waals surface area contributed by atoms with Crippen molar-refractivity contribution < 1.29 is 4.79 Å². The number of nitrogens with one attached hydrogen (secondary N) is 1. The Bertz CT molecular complexity index is 1050. The van der Waals surface area contributed by atoms with Gasteiger partial charge in [0, 0.05) is 30.2 Å². The predicted molar refractivity (Wildman–Crippen MR) is 115 cm³/mol. The van der Waals surface area contributed by atoms with Gasteiger partial charge in [-0.05, 0) is 47.7 Å². The first-order valence-corrected chi connectivity index (χ1v) is 9.77. The molecule has 0 saturated heterocycles. The average Bonchev–Trinajstić information content (AvgIpc) is 3.32. The number of aromatic nitrogens is 2. The SMILES string of the molecule is O=C(NCc1ccc(-n2ccnc2)cc1)c1ccccc1CCc1ccccc1. The lowest BCUT2D eigenvalue weighted by molar-refractivity contribution is 0.0950. The molecule has 0 radical (unpaired) electrons. The molecule has 1 amide bonds. The van der Waals surface area contributed by atoms with Crippen LogP contribution in [0.25, 0.3) is 5.69 Å². The molecular formula is C25H23N3O. The van der Waals surface area contributed by atoms with Crippen molar-refractivity contribution in [2.75, 3.05) is 0 Å². The Morgan fingerprint density at radius 1 is 0.828 bits per heavy atom. The predicted octanol–water partition coefficient (Wildman–Crippen LogP) is 4.59. The minimum atomic E-state index is -0.0349. The van der Waals surface area contributed by atoms with Crippen LogP contribution in [0.4, 0.5) is 0 Å². The van der Waals surface area contributed by atoms with Gasteiger partial charge < -0.3 is 9.88 Å². The van der Waals surface area contributed by atoms with Crippen molar-refractivity contribution in [3.05, 3.63) is 120 Å². The molecule has 0 unspecified atom stereocenters. The van der Waals surface area contributed by atoms with Gasteiger partial charge >= 0.3 is 0 Å². The summed E-state index contributed by atoms with van der Waals surface area (Å²) in [5.74, 6) is -0.0349. The Kier molecular flexibility index (Phi) is 5.81. The summed E-state index contributed by atoms with van der Waals surface area (Å²) in [6, 6.07) is 26.3. The van der Waals surface area contributed by atoms with Crippen molar-refractivity contribution in [3.8, 4) is 5.69 Å². The Balaban J connectivity index is 1.38. The number of carbonyl (C=O) groups is 1. The molecule has 0 atom stereocenters. The van der Waals surface area contributed by atoms with Crippen molar-refractivity contribution >= 4 is 5.91 Å². The number of nitrogens with zero attached hydrogens (tertiary/aromatic N) is 2. The zero-order valence-electron chi connectivity index (χ0n) is 16.2. The molecular weight excluding hydrogens is 358 g/mol. The molecule has 0 bridgehead atoms. The Hall–Kier alpha value is -3.66. The van der Waals surface area contributed by atoms with Crippen LogP contribution >= 0.6 is 0 Å². The van der Waals surface area contributed by atoms with Gasteiger partial charge in [0.25, 0.3) is 5.91 Å². The molecule has 4 aromatic rings. The van der Waals surface area contributed by atoms with E-state index < -0.39 is 0 Å². The molecule has 0 aliphatic carbocycles. The van der Waals surface area contributed by atoms with Crippen LogP contribution in [0.3, 0.4) is 0 Å². The highest BCUT2D eigenvalue weighted by atomic mass is 16.1. The molecule has 0 saturated carbocycles. The monoisotopic (exact) mass is 381 g/mol. The number of aryl methyl sites for hydroxylation is 2. The largest absolute Gasteiger partial charge is 0.348 e. The molecule has 29 heavy (non-hydrogen) atoms. The number of rotatable bonds is 7. The lowest BCUT2D eigenvalue weighted by Gasteiger charge is -2.11. The lowest BCUT2D eigenvalue weighted by atomic mass is 9.99. The molecule has 4 nitrogen and oxygen atoms in total. The number of hydrogen-bond acceptors (Lipinski definition) is 2. The fraction of sp³-hybridized carbons (Fsp3) is 0.120. The molecule has 144 valence electrons. The number of benzene rings is 3. The van der Waals surface area contributed by atoms with Crippen molar-refractivity contribution in [1.82, 2.24) is 14.9 Å². The fourth-order valence-electron chi connectivity index (χ4n) is 3.36. The Morgan fingerprint density at radius 2 is 1.59 bits per heavy atom. The Morgan fingerprint density at radius 3 is 2.34 bits per heavy atom. The first-order valence-electron chi connectivity index (χ1n) is 9.77. The van der Waals surface area contributed by atoms with E-state index >= 15 is 0 Å². The van der Waals surface area contributed by atoms with Crippen LogP contribution < -0.4 is 5.32 Å². The van der Waals surface area contributed by atoms with Crippen molar-refractivity contribution in [2.45, 2.75) is 19.4 Å². The summed E-state index contributed by atoms with van der Waals surface area (Å²) in [6.45, 7) is 0.496. The van der Waals surface area contributed by atoms with E-state index in [1.165, 1.54) is 5.56 Å². The maximum Gasteiger partial charge on any atom is 0.251 e. The minimum absolute atomic E-state index is 0.0349. The quantitative estimate of drug-likeness (QED) is 0.509. The fourth-order valence-corrected chi connectivity index (χ4v) is 3.36. The summed E-state index contributed by atoms with van der Waals surface area (Å²) in [4.78, 5) is 16.8. The van der Waals surface area contributed by atoms with E-state index in [4.69, 9.17) is 0 Å². The summed E-state index contributed by atoms with van der Waals surface area (Å²) in [7, 11) is 0. The van der Waals surface area contributed by atoms with E-state index in [1.54, 1.807) is 12.5 Å². The zero-order chi connectivity index (χ0) is 19.9. The highest BCUT2D eigenvalue weighted by Gasteiger charge is 2.11. The normalized spacial score (nSPS) is 10.6. The zero-order valence-corrected chi connectivity index (χ0v) is 16.2. The average molecular weight is 381 g/mol. The number of hydrogen-bond donors (Lipinski definition) is 1.